The maximum absolute atomic E-state index is 10.9. The summed E-state index contributed by atoms with van der Waals surface area (Å²) in [6.45, 7) is 0. The molecule has 0 saturated heterocycles. The first-order chi connectivity index (χ1) is 6.74. The van der Waals surface area contributed by atoms with Crippen molar-refractivity contribution in [1.82, 2.24) is 4.98 Å². The number of anilines is 1. The lowest BCUT2D eigenvalue weighted by Crippen LogP contribution is -1.98. The number of aromatic nitrogens is 1. The number of hydrogen-bond donors (Lipinski definition) is 2. The second kappa shape index (κ2) is 3.26. The number of nitrogens with one attached hydrogen (secondary N) is 1. The van der Waals surface area contributed by atoms with Gasteiger partial charge in [-0.05, 0) is 12.1 Å². The van der Waals surface area contributed by atoms with Crippen LogP contribution in [0, 0.1) is 0 Å². The van der Waals surface area contributed by atoms with Crippen LogP contribution >= 0.6 is 11.3 Å². The largest absolute Gasteiger partial charge is 0.477 e. The second-order valence-electron chi connectivity index (χ2n) is 2.71. The molecule has 0 fully saturated rings. The molecule has 0 spiro atoms. The molecule has 0 bridgehead atoms. The first kappa shape index (κ1) is 8.96. The normalized spacial score (nSPS) is 10.4. The highest BCUT2D eigenvalue weighted by molar-refractivity contribution is 7.21. The topological polar surface area (TPSA) is 62.2 Å². The van der Waals surface area contributed by atoms with Crippen LogP contribution in [0.5, 0.6) is 0 Å². The van der Waals surface area contributed by atoms with Gasteiger partial charge in [0.05, 0.1) is 10.4 Å². The third-order valence-corrected chi connectivity index (χ3v) is 3.02. The van der Waals surface area contributed by atoms with Gasteiger partial charge in [0.1, 0.15) is 10.4 Å². The molecule has 0 aliphatic heterocycles. The molecule has 0 unspecified atom stereocenters. The Labute approximate surface area is 84.2 Å². The highest BCUT2D eigenvalue weighted by Gasteiger charge is 2.16. The minimum absolute atomic E-state index is 0.307. The van der Waals surface area contributed by atoms with Gasteiger partial charge in [-0.25, -0.2) is 4.79 Å². The molecule has 2 N–H and O–H groups in total. The van der Waals surface area contributed by atoms with Crippen molar-refractivity contribution in [2.24, 2.45) is 0 Å². The van der Waals surface area contributed by atoms with Crippen LogP contribution in [0.25, 0.3) is 10.2 Å². The standard InChI is InChI=1S/C9H8N2O2S/c1-10-7-6-5(3-2-4-11-6)14-8(7)9(12)13/h2-4,10H,1H3,(H,12,13). The molecule has 0 aromatic carbocycles. The molecule has 0 aliphatic rings. The summed E-state index contributed by atoms with van der Waals surface area (Å²) < 4.78 is 0.884. The number of carboxylic acids is 1. The average molecular weight is 208 g/mol. The Hall–Kier alpha value is -1.62. The van der Waals surface area contributed by atoms with Gasteiger partial charge in [-0.15, -0.1) is 11.3 Å². The van der Waals surface area contributed by atoms with Gasteiger partial charge in [-0.3, -0.25) is 4.98 Å². The molecule has 2 aromatic heterocycles. The predicted octanol–water partition coefficient (Wildman–Crippen LogP) is 2.04. The summed E-state index contributed by atoms with van der Waals surface area (Å²) in [5.41, 5.74) is 1.32. The van der Waals surface area contributed by atoms with E-state index >= 15 is 0 Å². The van der Waals surface area contributed by atoms with Crippen molar-refractivity contribution in [3.05, 3.63) is 23.2 Å². The Bertz CT molecular complexity index is 493. The Morgan fingerprint density at radius 3 is 3.07 bits per heavy atom. The number of rotatable bonds is 2. The first-order valence-corrected chi connectivity index (χ1v) is 4.84. The number of hydrogen-bond acceptors (Lipinski definition) is 4. The lowest BCUT2D eigenvalue weighted by atomic mass is 10.3. The zero-order valence-electron chi connectivity index (χ0n) is 7.44. The summed E-state index contributed by atoms with van der Waals surface area (Å²) in [4.78, 5) is 15.3. The van der Waals surface area contributed by atoms with E-state index in [-0.39, 0.29) is 0 Å². The van der Waals surface area contributed by atoms with Crippen molar-refractivity contribution in [2.75, 3.05) is 12.4 Å². The van der Waals surface area contributed by atoms with E-state index in [2.05, 4.69) is 10.3 Å². The fraction of sp³-hybridized carbons (Fsp3) is 0.111. The summed E-state index contributed by atoms with van der Waals surface area (Å²) in [6, 6.07) is 3.66. The Kier molecular flexibility index (Phi) is 2.09. The van der Waals surface area contributed by atoms with Crippen LogP contribution in [0.2, 0.25) is 0 Å². The molecular weight excluding hydrogens is 200 g/mol. The zero-order chi connectivity index (χ0) is 10.1. The molecule has 4 nitrogen and oxygen atoms in total. The molecule has 14 heavy (non-hydrogen) atoms. The third-order valence-electron chi connectivity index (χ3n) is 1.89. The minimum atomic E-state index is -0.919. The fourth-order valence-electron chi connectivity index (χ4n) is 1.31. The molecule has 2 aromatic rings. The summed E-state index contributed by atoms with van der Waals surface area (Å²) in [6.07, 6.45) is 1.65. The Balaban J connectivity index is 2.78. The van der Waals surface area contributed by atoms with Gasteiger partial charge in [0.2, 0.25) is 0 Å². The number of aromatic carboxylic acids is 1. The lowest BCUT2D eigenvalue weighted by Gasteiger charge is -1.97. The average Bonchev–Trinajstić information content (AvgIpc) is 2.56. The lowest BCUT2D eigenvalue weighted by molar-refractivity contribution is 0.0703. The van der Waals surface area contributed by atoms with Crippen LogP contribution in [-0.2, 0) is 0 Å². The molecule has 0 radical (unpaired) electrons. The highest BCUT2D eigenvalue weighted by atomic mass is 32.1. The van der Waals surface area contributed by atoms with Gasteiger partial charge in [0.15, 0.2) is 0 Å². The van der Waals surface area contributed by atoms with Gasteiger partial charge in [-0.2, -0.15) is 0 Å². The van der Waals surface area contributed by atoms with Crippen LogP contribution in [0.3, 0.4) is 0 Å². The van der Waals surface area contributed by atoms with E-state index in [9.17, 15) is 4.79 Å². The van der Waals surface area contributed by atoms with E-state index in [0.717, 1.165) is 10.2 Å². The van der Waals surface area contributed by atoms with Crippen molar-refractivity contribution in [3.63, 3.8) is 0 Å². The highest BCUT2D eigenvalue weighted by Crippen LogP contribution is 2.33. The van der Waals surface area contributed by atoms with Gasteiger partial charge in [-0.1, -0.05) is 0 Å². The number of thiophene rings is 1. The fourth-order valence-corrected chi connectivity index (χ4v) is 2.32. The number of nitrogens with zero attached hydrogens (tertiary/aromatic N) is 1. The molecule has 0 aliphatic carbocycles. The second-order valence-corrected chi connectivity index (χ2v) is 3.76. The van der Waals surface area contributed by atoms with Gasteiger partial charge >= 0.3 is 5.97 Å². The monoisotopic (exact) mass is 208 g/mol. The van der Waals surface area contributed by atoms with E-state index in [1.165, 1.54) is 11.3 Å². The van der Waals surface area contributed by atoms with E-state index in [1.54, 1.807) is 19.3 Å². The molecule has 2 heterocycles. The van der Waals surface area contributed by atoms with Crippen molar-refractivity contribution in [3.8, 4) is 0 Å². The third kappa shape index (κ3) is 1.22. The molecule has 5 heteroatoms. The smallest absolute Gasteiger partial charge is 0.348 e. The van der Waals surface area contributed by atoms with Crippen LogP contribution in [0.15, 0.2) is 18.3 Å². The quantitative estimate of drug-likeness (QED) is 0.792. The van der Waals surface area contributed by atoms with Gasteiger partial charge < -0.3 is 10.4 Å². The maximum atomic E-state index is 10.9. The molecule has 2 rings (SSSR count). The van der Waals surface area contributed by atoms with Crippen LogP contribution in [0.1, 0.15) is 9.67 Å². The molecule has 0 atom stereocenters. The van der Waals surface area contributed by atoms with Crippen molar-refractivity contribution < 1.29 is 9.90 Å². The summed E-state index contributed by atoms with van der Waals surface area (Å²) in [5.74, 6) is -0.919. The van der Waals surface area contributed by atoms with Gasteiger partial charge in [0, 0.05) is 13.2 Å². The van der Waals surface area contributed by atoms with E-state index in [0.29, 0.717) is 10.6 Å². The Morgan fingerprint density at radius 2 is 2.43 bits per heavy atom. The zero-order valence-corrected chi connectivity index (χ0v) is 8.26. The van der Waals surface area contributed by atoms with E-state index in [4.69, 9.17) is 5.11 Å². The van der Waals surface area contributed by atoms with Crippen LogP contribution < -0.4 is 5.32 Å². The minimum Gasteiger partial charge on any atom is -0.477 e. The molecule has 72 valence electrons. The van der Waals surface area contributed by atoms with Crippen molar-refractivity contribution >= 4 is 33.2 Å². The summed E-state index contributed by atoms with van der Waals surface area (Å²) in [7, 11) is 1.70. The SMILES string of the molecule is CNc1c(C(=O)O)sc2cccnc12. The van der Waals surface area contributed by atoms with Gasteiger partial charge in [0.25, 0.3) is 0 Å². The Morgan fingerprint density at radius 1 is 1.64 bits per heavy atom. The van der Waals surface area contributed by atoms with Crippen molar-refractivity contribution in [1.29, 1.82) is 0 Å². The van der Waals surface area contributed by atoms with E-state index in [1.807, 2.05) is 6.07 Å². The molecule has 0 saturated carbocycles. The summed E-state index contributed by atoms with van der Waals surface area (Å²) in [5, 5.41) is 11.8. The number of fused-ring (bicyclic) bond motifs is 1. The molecule has 0 amide bonds. The maximum Gasteiger partial charge on any atom is 0.348 e. The summed E-state index contributed by atoms with van der Waals surface area (Å²) >= 11 is 1.23. The van der Waals surface area contributed by atoms with Crippen molar-refractivity contribution in [2.45, 2.75) is 0 Å². The molecular formula is C9H8N2O2S. The number of pyridine rings is 1. The van der Waals surface area contributed by atoms with Crippen LogP contribution in [0.4, 0.5) is 5.69 Å². The number of carboxylic acid groups (broad SMARTS) is 1. The first-order valence-electron chi connectivity index (χ1n) is 4.02. The number of carbonyl (C=O) groups is 1. The van der Waals surface area contributed by atoms with E-state index < -0.39 is 5.97 Å². The van der Waals surface area contributed by atoms with Crippen LogP contribution in [-0.4, -0.2) is 23.1 Å². The predicted molar refractivity (Wildman–Crippen MR) is 56.1 cm³/mol.